The molecule has 0 spiro atoms. The molecule has 5 nitrogen and oxygen atoms in total. The molecule has 0 unspecified atom stereocenters. The van der Waals surface area contributed by atoms with Gasteiger partial charge in [0, 0.05) is 13.6 Å². The number of nitrogens with two attached hydrogens (primary N) is 1. The zero-order valence-corrected chi connectivity index (χ0v) is 9.71. The summed E-state index contributed by atoms with van der Waals surface area (Å²) in [7, 11) is 1.60. The van der Waals surface area contributed by atoms with Gasteiger partial charge >= 0.3 is 6.18 Å². The fraction of sp³-hybridized carbons (Fsp3) is 0.500. The van der Waals surface area contributed by atoms with Crippen LogP contribution in [0.2, 0.25) is 0 Å². The van der Waals surface area contributed by atoms with Crippen LogP contribution in [0, 0.1) is 0 Å². The van der Waals surface area contributed by atoms with Gasteiger partial charge in [0.1, 0.15) is 10.7 Å². The number of nitrogens with one attached hydrogen (secondary N) is 2. The van der Waals surface area contributed by atoms with E-state index >= 15 is 0 Å². The van der Waals surface area contributed by atoms with E-state index in [2.05, 4.69) is 15.6 Å². The lowest BCUT2D eigenvalue weighted by atomic mass is 10.4. The molecule has 4 N–H and O–H groups in total. The molecule has 0 aromatic carbocycles. The summed E-state index contributed by atoms with van der Waals surface area (Å²) in [6.07, 6.45) is -5.36. The van der Waals surface area contributed by atoms with Gasteiger partial charge in [0.15, 0.2) is 5.13 Å². The maximum absolute atomic E-state index is 11.9. The van der Waals surface area contributed by atoms with Crippen LogP contribution in [0.5, 0.6) is 0 Å². The maximum Gasteiger partial charge on any atom is 0.390 e. The van der Waals surface area contributed by atoms with Gasteiger partial charge in [-0.1, -0.05) is 11.3 Å². The van der Waals surface area contributed by atoms with Gasteiger partial charge in [-0.25, -0.2) is 4.98 Å². The molecule has 1 amide bonds. The van der Waals surface area contributed by atoms with Gasteiger partial charge in [0.25, 0.3) is 5.91 Å². The van der Waals surface area contributed by atoms with Crippen molar-refractivity contribution in [2.45, 2.75) is 12.6 Å². The van der Waals surface area contributed by atoms with Crippen molar-refractivity contribution in [2.24, 2.45) is 0 Å². The zero-order chi connectivity index (χ0) is 13.1. The lowest BCUT2D eigenvalue weighted by Gasteiger charge is -2.06. The molecule has 0 saturated carbocycles. The number of thiazole rings is 1. The molecule has 96 valence electrons. The topological polar surface area (TPSA) is 80.0 Å². The minimum atomic E-state index is -4.29. The van der Waals surface area contributed by atoms with Gasteiger partial charge in [-0.2, -0.15) is 13.2 Å². The number of amides is 1. The van der Waals surface area contributed by atoms with Gasteiger partial charge in [-0.3, -0.25) is 4.79 Å². The monoisotopic (exact) mass is 268 g/mol. The third kappa shape index (κ3) is 4.10. The van der Waals surface area contributed by atoms with E-state index in [0.29, 0.717) is 5.13 Å². The molecule has 9 heteroatoms. The Morgan fingerprint density at radius 3 is 2.65 bits per heavy atom. The van der Waals surface area contributed by atoms with Gasteiger partial charge < -0.3 is 16.4 Å². The second kappa shape index (κ2) is 5.21. The molecule has 0 radical (unpaired) electrons. The van der Waals surface area contributed by atoms with Crippen LogP contribution in [-0.4, -0.2) is 30.7 Å². The van der Waals surface area contributed by atoms with Crippen molar-refractivity contribution < 1.29 is 18.0 Å². The van der Waals surface area contributed by atoms with Crippen molar-refractivity contribution in [3.8, 4) is 0 Å². The number of halogens is 3. The van der Waals surface area contributed by atoms with Crippen molar-refractivity contribution in [3.05, 3.63) is 4.88 Å². The Labute approximate surface area is 99.2 Å². The number of aromatic nitrogens is 1. The largest absolute Gasteiger partial charge is 0.390 e. The van der Waals surface area contributed by atoms with Crippen LogP contribution in [0.3, 0.4) is 0 Å². The number of nitrogen functional groups attached to an aromatic ring is 1. The summed E-state index contributed by atoms with van der Waals surface area (Å²) in [5.74, 6) is -0.644. The Hall–Kier alpha value is -1.51. The molecule has 1 aromatic rings. The van der Waals surface area contributed by atoms with Gasteiger partial charge in [0.2, 0.25) is 0 Å². The minimum absolute atomic E-state index is 0.00357. The van der Waals surface area contributed by atoms with E-state index in [1.54, 1.807) is 7.05 Å². The van der Waals surface area contributed by atoms with Crippen molar-refractivity contribution in [1.29, 1.82) is 0 Å². The molecule has 0 saturated heterocycles. The number of carbonyl (C=O) groups excluding carboxylic acids is 1. The van der Waals surface area contributed by atoms with Crippen molar-refractivity contribution in [3.63, 3.8) is 0 Å². The predicted molar refractivity (Wildman–Crippen MR) is 59.1 cm³/mol. The molecule has 1 heterocycles. The minimum Gasteiger partial charge on any atom is -0.382 e. The SMILES string of the molecule is CNc1nc(N)c(C(=O)NCCC(F)(F)F)s1. The van der Waals surface area contributed by atoms with Gasteiger partial charge in [0.05, 0.1) is 6.42 Å². The average molecular weight is 268 g/mol. The summed E-state index contributed by atoms with van der Waals surface area (Å²) in [6.45, 7) is -0.478. The first-order valence-corrected chi connectivity index (χ1v) is 5.44. The van der Waals surface area contributed by atoms with Crippen LogP contribution in [0.1, 0.15) is 16.1 Å². The van der Waals surface area contributed by atoms with Gasteiger partial charge in [-0.05, 0) is 0 Å². The molecule has 0 fully saturated rings. The number of nitrogens with zero attached hydrogens (tertiary/aromatic N) is 1. The Kier molecular flexibility index (Phi) is 4.16. The molecule has 0 atom stereocenters. The molecule has 1 rings (SSSR count). The maximum atomic E-state index is 11.9. The van der Waals surface area contributed by atoms with Gasteiger partial charge in [-0.15, -0.1) is 0 Å². The van der Waals surface area contributed by atoms with Crippen molar-refractivity contribution in [1.82, 2.24) is 10.3 Å². The molecule has 0 bridgehead atoms. The van der Waals surface area contributed by atoms with Crippen LogP contribution in [0.25, 0.3) is 0 Å². The Bertz CT molecular complexity index is 404. The molecule has 1 aromatic heterocycles. The van der Waals surface area contributed by atoms with E-state index < -0.39 is 25.0 Å². The number of carbonyl (C=O) groups is 1. The van der Waals surface area contributed by atoms with E-state index in [0.717, 1.165) is 11.3 Å². The summed E-state index contributed by atoms with van der Waals surface area (Å²) in [5, 5.41) is 5.26. The molecular formula is C8H11F3N4OS. The second-order valence-electron chi connectivity index (χ2n) is 3.10. The summed E-state index contributed by atoms with van der Waals surface area (Å²) in [4.78, 5) is 15.4. The van der Waals surface area contributed by atoms with Crippen molar-refractivity contribution >= 4 is 28.2 Å². The first kappa shape index (κ1) is 13.6. The molecular weight excluding hydrogens is 257 g/mol. The fourth-order valence-electron chi connectivity index (χ4n) is 1.000. The summed E-state index contributed by atoms with van der Waals surface area (Å²) < 4.78 is 35.6. The van der Waals surface area contributed by atoms with Crippen LogP contribution in [0.15, 0.2) is 0 Å². The average Bonchev–Trinajstić information content (AvgIpc) is 2.57. The smallest absolute Gasteiger partial charge is 0.382 e. The summed E-state index contributed by atoms with van der Waals surface area (Å²) in [5.41, 5.74) is 5.45. The Morgan fingerprint density at radius 1 is 1.53 bits per heavy atom. The quantitative estimate of drug-likeness (QED) is 0.772. The molecule has 17 heavy (non-hydrogen) atoms. The van der Waals surface area contributed by atoms with E-state index in [1.807, 2.05) is 0 Å². The normalized spacial score (nSPS) is 11.3. The van der Waals surface area contributed by atoms with Crippen LogP contribution < -0.4 is 16.4 Å². The molecule has 0 aliphatic rings. The lowest BCUT2D eigenvalue weighted by molar-refractivity contribution is -0.132. The van der Waals surface area contributed by atoms with E-state index in [1.165, 1.54) is 0 Å². The van der Waals surface area contributed by atoms with Crippen molar-refractivity contribution in [2.75, 3.05) is 24.6 Å². The molecule has 0 aliphatic heterocycles. The van der Waals surface area contributed by atoms with Crippen LogP contribution >= 0.6 is 11.3 Å². The number of hydrogen-bond donors (Lipinski definition) is 3. The highest BCUT2D eigenvalue weighted by Crippen LogP contribution is 2.24. The first-order valence-electron chi connectivity index (χ1n) is 4.62. The standard InChI is InChI=1S/C8H11F3N4OS/c1-13-7-15-5(12)4(17-7)6(16)14-3-2-8(9,10)11/h2-3,12H2,1H3,(H,13,15)(H,14,16). The Morgan fingerprint density at radius 2 is 2.18 bits per heavy atom. The first-order chi connectivity index (χ1) is 7.83. The van der Waals surface area contributed by atoms with E-state index in [-0.39, 0.29) is 10.7 Å². The summed E-state index contributed by atoms with van der Waals surface area (Å²) in [6, 6.07) is 0. The van der Waals surface area contributed by atoms with E-state index in [4.69, 9.17) is 5.73 Å². The third-order valence-corrected chi connectivity index (χ3v) is 2.85. The number of rotatable bonds is 4. The van der Waals surface area contributed by atoms with Crippen LogP contribution in [-0.2, 0) is 0 Å². The fourth-order valence-corrected chi connectivity index (χ4v) is 1.75. The third-order valence-electron chi connectivity index (χ3n) is 1.77. The highest BCUT2D eigenvalue weighted by Gasteiger charge is 2.27. The lowest BCUT2D eigenvalue weighted by Crippen LogP contribution is -2.27. The number of hydrogen-bond acceptors (Lipinski definition) is 5. The second-order valence-corrected chi connectivity index (χ2v) is 4.10. The highest BCUT2D eigenvalue weighted by molar-refractivity contribution is 7.18. The number of alkyl halides is 3. The number of anilines is 2. The molecule has 0 aliphatic carbocycles. The summed E-state index contributed by atoms with van der Waals surface area (Å²) >= 11 is 0.985. The predicted octanol–water partition coefficient (Wildman–Crippen LogP) is 1.45. The van der Waals surface area contributed by atoms with Crippen LogP contribution in [0.4, 0.5) is 24.1 Å². The highest BCUT2D eigenvalue weighted by atomic mass is 32.1. The zero-order valence-electron chi connectivity index (χ0n) is 8.89. The van der Waals surface area contributed by atoms with E-state index in [9.17, 15) is 18.0 Å². The Balaban J connectivity index is 2.55.